The van der Waals surface area contributed by atoms with Crippen molar-refractivity contribution in [3.05, 3.63) is 133 Å². The zero-order valence-electron chi connectivity index (χ0n) is 21.3. The normalized spacial score (nSPS) is 11.1. The van der Waals surface area contributed by atoms with E-state index in [4.69, 9.17) is 9.47 Å². The molecule has 5 aromatic rings. The first-order valence-electron chi connectivity index (χ1n) is 12.4. The Morgan fingerprint density at radius 1 is 0.615 bits per heavy atom. The van der Waals surface area contributed by atoms with E-state index in [1.54, 1.807) is 24.3 Å². The molecule has 39 heavy (non-hydrogen) atoms. The third-order valence-electron chi connectivity index (χ3n) is 6.18. The molecule has 0 heterocycles. The largest absolute Gasteiger partial charge is 0.488 e. The smallest absolute Gasteiger partial charge is 0.308 e. The van der Waals surface area contributed by atoms with E-state index in [-0.39, 0.29) is 9.79 Å². The Labute approximate surface area is 228 Å². The molecule has 0 bridgehead atoms. The first-order chi connectivity index (χ1) is 18.9. The number of sulfone groups is 1. The molecule has 5 nitrogen and oxygen atoms in total. The lowest BCUT2D eigenvalue weighted by Gasteiger charge is -2.15. The fourth-order valence-electron chi connectivity index (χ4n) is 4.28. The van der Waals surface area contributed by atoms with Gasteiger partial charge in [0.15, 0.2) is 0 Å². The van der Waals surface area contributed by atoms with E-state index in [0.29, 0.717) is 29.2 Å². The number of hydrogen-bond acceptors (Lipinski definition) is 5. The number of esters is 1. The minimum atomic E-state index is -3.93. The van der Waals surface area contributed by atoms with Crippen molar-refractivity contribution in [3.63, 3.8) is 0 Å². The highest BCUT2D eigenvalue weighted by atomic mass is 32.2. The summed E-state index contributed by atoms with van der Waals surface area (Å²) >= 11 is 0. The fraction of sp³-hybridized carbons (Fsp3) is 0.0606. The van der Waals surface area contributed by atoms with Crippen LogP contribution in [0, 0.1) is 0 Å². The van der Waals surface area contributed by atoms with Crippen LogP contribution in [0.25, 0.3) is 22.3 Å². The molecule has 0 aromatic heterocycles. The molecule has 0 saturated carbocycles. The lowest BCUT2D eigenvalue weighted by molar-refractivity contribution is -0.131. The van der Waals surface area contributed by atoms with Crippen molar-refractivity contribution in [1.29, 1.82) is 0 Å². The molecule has 0 radical (unpaired) electrons. The van der Waals surface area contributed by atoms with Gasteiger partial charge in [0, 0.05) is 18.1 Å². The molecule has 0 atom stereocenters. The van der Waals surface area contributed by atoms with Crippen LogP contribution in [0.4, 0.5) is 0 Å². The average molecular weight is 535 g/mol. The van der Waals surface area contributed by atoms with E-state index < -0.39 is 15.8 Å². The third kappa shape index (κ3) is 5.92. The van der Waals surface area contributed by atoms with Crippen LogP contribution in [-0.2, 0) is 21.2 Å². The highest BCUT2D eigenvalue weighted by molar-refractivity contribution is 7.91. The van der Waals surface area contributed by atoms with E-state index in [0.717, 1.165) is 16.7 Å². The SMILES string of the molecule is CC(=O)Oc1ccc(S(=O)(=O)c2ccc(OCc3ccccc3)c(-c3ccccc3)c2)cc1-c1ccccc1. The Morgan fingerprint density at radius 2 is 1.08 bits per heavy atom. The molecule has 5 rings (SSSR count). The lowest BCUT2D eigenvalue weighted by Crippen LogP contribution is -2.06. The zero-order chi connectivity index (χ0) is 27.2. The van der Waals surface area contributed by atoms with Crippen LogP contribution < -0.4 is 9.47 Å². The van der Waals surface area contributed by atoms with Gasteiger partial charge >= 0.3 is 5.97 Å². The molecule has 194 valence electrons. The highest BCUT2D eigenvalue weighted by Crippen LogP contribution is 2.37. The van der Waals surface area contributed by atoms with Gasteiger partial charge in [0.1, 0.15) is 18.1 Å². The molecule has 0 spiro atoms. The van der Waals surface area contributed by atoms with Crippen LogP contribution in [0.3, 0.4) is 0 Å². The summed E-state index contributed by atoms with van der Waals surface area (Å²) in [7, 11) is -3.93. The number of rotatable bonds is 8. The maximum Gasteiger partial charge on any atom is 0.308 e. The quantitative estimate of drug-likeness (QED) is 0.154. The summed E-state index contributed by atoms with van der Waals surface area (Å²) in [5, 5.41) is 0. The Hall–Kier alpha value is -4.68. The predicted octanol–water partition coefficient (Wildman–Crippen LogP) is 7.36. The van der Waals surface area contributed by atoms with Gasteiger partial charge < -0.3 is 9.47 Å². The Kier molecular flexibility index (Phi) is 7.57. The molecular weight excluding hydrogens is 508 g/mol. The van der Waals surface area contributed by atoms with E-state index >= 15 is 0 Å². The number of ether oxygens (including phenoxy) is 2. The van der Waals surface area contributed by atoms with Crippen molar-refractivity contribution in [2.24, 2.45) is 0 Å². The van der Waals surface area contributed by atoms with Gasteiger partial charge in [0.2, 0.25) is 9.84 Å². The van der Waals surface area contributed by atoms with Crippen molar-refractivity contribution in [3.8, 4) is 33.8 Å². The third-order valence-corrected chi connectivity index (χ3v) is 7.93. The minimum Gasteiger partial charge on any atom is -0.488 e. The van der Waals surface area contributed by atoms with Crippen LogP contribution in [-0.4, -0.2) is 14.4 Å². The zero-order valence-corrected chi connectivity index (χ0v) is 22.1. The van der Waals surface area contributed by atoms with E-state index in [9.17, 15) is 13.2 Å². The first-order valence-corrected chi connectivity index (χ1v) is 13.9. The molecule has 0 N–H and O–H groups in total. The molecule has 0 aliphatic carbocycles. The summed E-state index contributed by atoms with van der Waals surface area (Å²) in [6, 6.07) is 38.0. The summed E-state index contributed by atoms with van der Waals surface area (Å²) in [6.07, 6.45) is 0. The van der Waals surface area contributed by atoms with E-state index in [1.807, 2.05) is 91.0 Å². The average Bonchev–Trinajstić information content (AvgIpc) is 2.97. The van der Waals surface area contributed by atoms with Crippen molar-refractivity contribution in [2.75, 3.05) is 0 Å². The maximum atomic E-state index is 13.9. The van der Waals surface area contributed by atoms with Gasteiger partial charge in [0.25, 0.3) is 0 Å². The number of hydrogen-bond donors (Lipinski definition) is 0. The van der Waals surface area contributed by atoms with Gasteiger partial charge in [-0.2, -0.15) is 0 Å². The van der Waals surface area contributed by atoms with Gasteiger partial charge in [0.05, 0.1) is 9.79 Å². The molecule has 0 amide bonds. The number of carbonyl (C=O) groups excluding carboxylic acids is 1. The molecule has 5 aromatic carbocycles. The second-order valence-electron chi connectivity index (χ2n) is 8.92. The Morgan fingerprint density at radius 3 is 1.59 bits per heavy atom. The van der Waals surface area contributed by atoms with Crippen LogP contribution >= 0.6 is 0 Å². The molecular formula is C33H26O5S. The monoisotopic (exact) mass is 534 g/mol. The molecule has 0 aliphatic rings. The van der Waals surface area contributed by atoms with Gasteiger partial charge in [-0.25, -0.2) is 8.42 Å². The van der Waals surface area contributed by atoms with Crippen LogP contribution in [0.15, 0.2) is 137 Å². The molecule has 0 fully saturated rings. The van der Waals surface area contributed by atoms with Crippen LogP contribution in [0.5, 0.6) is 11.5 Å². The molecule has 0 aliphatic heterocycles. The molecule has 6 heteroatoms. The number of carbonyl (C=O) groups is 1. The topological polar surface area (TPSA) is 69.7 Å². The summed E-state index contributed by atoms with van der Waals surface area (Å²) in [4.78, 5) is 11.9. The van der Waals surface area contributed by atoms with Crippen molar-refractivity contribution >= 4 is 15.8 Å². The van der Waals surface area contributed by atoms with Gasteiger partial charge in [-0.15, -0.1) is 0 Å². The first kappa shape index (κ1) is 25.9. The van der Waals surface area contributed by atoms with E-state index in [1.165, 1.54) is 19.1 Å². The molecule has 0 saturated heterocycles. The van der Waals surface area contributed by atoms with Crippen molar-refractivity contribution in [1.82, 2.24) is 0 Å². The Bertz CT molecular complexity index is 1700. The number of benzene rings is 5. The lowest BCUT2D eigenvalue weighted by atomic mass is 10.0. The summed E-state index contributed by atoms with van der Waals surface area (Å²) < 4.78 is 39.3. The minimum absolute atomic E-state index is 0.0919. The van der Waals surface area contributed by atoms with Crippen LogP contribution in [0.1, 0.15) is 12.5 Å². The second kappa shape index (κ2) is 11.4. The summed E-state index contributed by atoms with van der Waals surface area (Å²) in [5.74, 6) is 0.392. The summed E-state index contributed by atoms with van der Waals surface area (Å²) in [6.45, 7) is 1.66. The predicted molar refractivity (Wildman–Crippen MR) is 151 cm³/mol. The van der Waals surface area contributed by atoms with Crippen LogP contribution in [0.2, 0.25) is 0 Å². The van der Waals surface area contributed by atoms with Gasteiger partial charge in [-0.05, 0) is 53.1 Å². The Balaban J connectivity index is 1.57. The van der Waals surface area contributed by atoms with Gasteiger partial charge in [-0.1, -0.05) is 91.0 Å². The highest BCUT2D eigenvalue weighted by Gasteiger charge is 2.23. The fourth-order valence-corrected chi connectivity index (χ4v) is 5.59. The standard InChI is InChI=1S/C33H26O5S/c1-24(34)38-33-20-18-29(22-31(33)27-15-9-4-10-16-27)39(35,36)28-17-19-32(37-23-25-11-5-2-6-12-25)30(21-28)26-13-7-3-8-14-26/h2-22H,23H2,1H3. The van der Waals surface area contributed by atoms with Crippen molar-refractivity contribution in [2.45, 2.75) is 23.3 Å². The second-order valence-corrected chi connectivity index (χ2v) is 10.9. The van der Waals surface area contributed by atoms with Crippen molar-refractivity contribution < 1.29 is 22.7 Å². The van der Waals surface area contributed by atoms with Gasteiger partial charge in [-0.3, -0.25) is 4.79 Å². The van der Waals surface area contributed by atoms with E-state index in [2.05, 4.69) is 0 Å². The molecule has 0 unspecified atom stereocenters. The maximum absolute atomic E-state index is 13.9. The summed E-state index contributed by atoms with van der Waals surface area (Å²) in [5.41, 5.74) is 3.77.